The van der Waals surface area contributed by atoms with Gasteiger partial charge in [0.2, 0.25) is 10.0 Å². The van der Waals surface area contributed by atoms with Crippen LogP contribution in [0.15, 0.2) is 53.4 Å². The number of hydrogen-bond acceptors (Lipinski definition) is 9. The van der Waals surface area contributed by atoms with Gasteiger partial charge in [0, 0.05) is 18.7 Å². The third kappa shape index (κ3) is 8.13. The van der Waals surface area contributed by atoms with Gasteiger partial charge in [-0.15, -0.1) is 0 Å². The zero-order valence-corrected chi connectivity index (χ0v) is 28.6. The molecule has 1 fully saturated rings. The van der Waals surface area contributed by atoms with Crippen LogP contribution in [0.2, 0.25) is 0 Å². The number of rotatable bonds is 15. The Balaban J connectivity index is 1.52. The number of carbonyl (C=O) groups excluding carboxylic acids is 4. The molecule has 0 unspecified atom stereocenters. The number of ether oxygens (including phenoxy) is 3. The topological polar surface area (TPSA) is 150 Å². The number of carbonyl (C=O) groups is 4. The molecule has 48 heavy (non-hydrogen) atoms. The van der Waals surface area contributed by atoms with Crippen LogP contribution >= 0.6 is 0 Å². The van der Waals surface area contributed by atoms with Crippen molar-refractivity contribution in [3.05, 3.63) is 82.2 Å². The maximum atomic E-state index is 13.8. The monoisotopic (exact) mass is 681 g/mol. The highest BCUT2D eigenvalue weighted by atomic mass is 32.2. The van der Waals surface area contributed by atoms with E-state index in [4.69, 9.17) is 14.2 Å². The standard InChI is InChI=1S/C35H43N3O9S/c1-5-11-30-29(23-39)24(4)32(35(42)46-7-3)38(30)36-33(40)28-22-27(14-15-31(28)45-6-2)48(43,44)37-19-16-25(17-20-37)18-21-47-34(41)26-12-9-8-10-13-26/h8-10,12-15,22-23,25H,5-7,11,16-21H2,1-4H3,(H,36,40). The van der Waals surface area contributed by atoms with Gasteiger partial charge in [0.1, 0.15) is 5.75 Å². The van der Waals surface area contributed by atoms with E-state index in [0.29, 0.717) is 55.2 Å². The van der Waals surface area contributed by atoms with Gasteiger partial charge < -0.3 is 14.2 Å². The first kappa shape index (κ1) is 36.3. The molecule has 12 nitrogen and oxygen atoms in total. The summed E-state index contributed by atoms with van der Waals surface area (Å²) in [5.41, 5.74) is 4.23. The van der Waals surface area contributed by atoms with Crippen molar-refractivity contribution >= 4 is 34.2 Å². The molecule has 4 rings (SSSR count). The minimum absolute atomic E-state index is 0.00943. The Morgan fingerprint density at radius 3 is 2.29 bits per heavy atom. The number of aldehydes is 1. The van der Waals surface area contributed by atoms with Gasteiger partial charge in [0.05, 0.1) is 41.5 Å². The van der Waals surface area contributed by atoms with Crippen LogP contribution in [0, 0.1) is 12.8 Å². The summed E-state index contributed by atoms with van der Waals surface area (Å²) in [5.74, 6) is -1.48. The fourth-order valence-corrected chi connectivity index (χ4v) is 7.32. The van der Waals surface area contributed by atoms with Gasteiger partial charge in [-0.05, 0) is 88.3 Å². The minimum Gasteiger partial charge on any atom is -0.493 e. The number of sulfonamides is 1. The molecule has 1 aliphatic rings. The highest BCUT2D eigenvalue weighted by Gasteiger charge is 2.32. The lowest BCUT2D eigenvalue weighted by Crippen LogP contribution is -2.38. The molecule has 2 aromatic carbocycles. The second-order valence-electron chi connectivity index (χ2n) is 11.4. The summed E-state index contributed by atoms with van der Waals surface area (Å²) in [6.07, 6.45) is 3.46. The molecule has 2 heterocycles. The predicted molar refractivity (Wildman–Crippen MR) is 179 cm³/mol. The quantitative estimate of drug-likeness (QED) is 0.169. The Labute approximate surface area is 281 Å². The molecule has 3 aromatic rings. The summed E-state index contributed by atoms with van der Waals surface area (Å²) in [6, 6.07) is 12.9. The average molecular weight is 682 g/mol. The second-order valence-corrected chi connectivity index (χ2v) is 13.4. The lowest BCUT2D eigenvalue weighted by atomic mass is 9.95. The summed E-state index contributed by atoms with van der Waals surface area (Å²) in [7, 11) is -3.98. The van der Waals surface area contributed by atoms with E-state index in [0.717, 1.165) is 0 Å². The molecule has 1 amide bonds. The number of piperidine rings is 1. The minimum atomic E-state index is -3.98. The largest absolute Gasteiger partial charge is 0.493 e. The molecule has 0 aliphatic carbocycles. The maximum absolute atomic E-state index is 13.8. The van der Waals surface area contributed by atoms with Crippen LogP contribution in [0.5, 0.6) is 5.75 Å². The summed E-state index contributed by atoms with van der Waals surface area (Å²) in [5, 5.41) is 0. The fraction of sp³-hybridized carbons (Fsp3) is 0.429. The lowest BCUT2D eigenvalue weighted by molar-refractivity contribution is 0.0469. The molecule has 0 bridgehead atoms. The van der Waals surface area contributed by atoms with Crippen LogP contribution < -0.4 is 10.2 Å². The van der Waals surface area contributed by atoms with Crippen molar-refractivity contribution in [3.63, 3.8) is 0 Å². The summed E-state index contributed by atoms with van der Waals surface area (Å²) in [6.45, 7) is 7.99. The van der Waals surface area contributed by atoms with Gasteiger partial charge in [-0.25, -0.2) is 22.7 Å². The zero-order chi connectivity index (χ0) is 34.8. The van der Waals surface area contributed by atoms with E-state index >= 15 is 0 Å². The molecular weight excluding hydrogens is 638 g/mol. The normalized spacial score (nSPS) is 13.9. The first-order valence-electron chi connectivity index (χ1n) is 16.2. The summed E-state index contributed by atoms with van der Waals surface area (Å²) < 4.78 is 46.5. The number of nitrogens with one attached hydrogen (secondary N) is 1. The molecule has 1 N–H and O–H groups in total. The Morgan fingerprint density at radius 1 is 0.958 bits per heavy atom. The van der Waals surface area contributed by atoms with Crippen LogP contribution in [-0.2, 0) is 25.9 Å². The summed E-state index contributed by atoms with van der Waals surface area (Å²) >= 11 is 0. The molecule has 0 spiro atoms. The highest BCUT2D eigenvalue weighted by molar-refractivity contribution is 7.89. The first-order valence-corrected chi connectivity index (χ1v) is 17.7. The van der Waals surface area contributed by atoms with Gasteiger partial charge in [0.25, 0.3) is 5.91 Å². The first-order chi connectivity index (χ1) is 23.1. The SMILES string of the molecule is CCCc1c(C=O)c(C)c(C(=O)OCC)n1NC(=O)c1cc(S(=O)(=O)N2CCC(CCOC(=O)c3ccccc3)CC2)ccc1OCC. The van der Waals surface area contributed by atoms with E-state index < -0.39 is 21.9 Å². The Kier molecular flexibility index (Phi) is 12.5. The van der Waals surface area contributed by atoms with Crippen LogP contribution in [0.4, 0.5) is 0 Å². The predicted octanol–water partition coefficient (Wildman–Crippen LogP) is 5.17. The van der Waals surface area contributed by atoms with Crippen LogP contribution in [0.1, 0.15) is 99.3 Å². The van der Waals surface area contributed by atoms with Gasteiger partial charge in [-0.2, -0.15) is 4.31 Å². The van der Waals surface area contributed by atoms with Crippen LogP contribution in [0.3, 0.4) is 0 Å². The molecule has 1 saturated heterocycles. The van der Waals surface area contributed by atoms with Crippen molar-refractivity contribution in [2.75, 3.05) is 38.3 Å². The maximum Gasteiger partial charge on any atom is 0.357 e. The van der Waals surface area contributed by atoms with E-state index in [9.17, 15) is 27.6 Å². The van der Waals surface area contributed by atoms with Crippen molar-refractivity contribution in [2.24, 2.45) is 5.92 Å². The molecule has 0 radical (unpaired) electrons. The van der Waals surface area contributed by atoms with E-state index in [1.165, 1.54) is 27.2 Å². The van der Waals surface area contributed by atoms with Crippen molar-refractivity contribution < 1.29 is 41.8 Å². The fourth-order valence-electron chi connectivity index (χ4n) is 5.83. The molecular formula is C35H43N3O9S. The van der Waals surface area contributed by atoms with Crippen LogP contribution in [0.25, 0.3) is 0 Å². The van der Waals surface area contributed by atoms with Crippen molar-refractivity contribution in [1.82, 2.24) is 8.98 Å². The molecule has 1 aromatic heterocycles. The Morgan fingerprint density at radius 2 is 1.67 bits per heavy atom. The van der Waals surface area contributed by atoms with Crippen molar-refractivity contribution in [1.29, 1.82) is 0 Å². The van der Waals surface area contributed by atoms with Gasteiger partial charge in [-0.1, -0.05) is 31.5 Å². The third-order valence-corrected chi connectivity index (χ3v) is 10.2. The zero-order valence-electron chi connectivity index (χ0n) is 27.8. The smallest absolute Gasteiger partial charge is 0.357 e. The van der Waals surface area contributed by atoms with Gasteiger partial charge in [0.15, 0.2) is 12.0 Å². The third-order valence-electron chi connectivity index (χ3n) is 8.33. The number of amides is 1. The Hall–Kier alpha value is -4.49. The molecule has 0 atom stereocenters. The number of nitrogens with zero attached hydrogens (tertiary/aromatic N) is 2. The van der Waals surface area contributed by atoms with E-state index in [1.807, 2.05) is 13.0 Å². The van der Waals surface area contributed by atoms with E-state index in [1.54, 1.807) is 45.0 Å². The second kappa shape index (κ2) is 16.6. The summed E-state index contributed by atoms with van der Waals surface area (Å²) in [4.78, 5) is 51.0. The van der Waals surface area contributed by atoms with Gasteiger partial charge >= 0.3 is 11.9 Å². The van der Waals surface area contributed by atoms with E-state index in [2.05, 4.69) is 5.43 Å². The van der Waals surface area contributed by atoms with E-state index in [-0.39, 0.29) is 72.3 Å². The van der Waals surface area contributed by atoms with Crippen molar-refractivity contribution in [2.45, 2.75) is 64.7 Å². The highest BCUT2D eigenvalue weighted by Crippen LogP contribution is 2.30. The molecule has 13 heteroatoms. The van der Waals surface area contributed by atoms with Crippen molar-refractivity contribution in [3.8, 4) is 5.75 Å². The molecule has 0 saturated carbocycles. The molecule has 1 aliphatic heterocycles. The van der Waals surface area contributed by atoms with Crippen LogP contribution in [-0.4, -0.2) is 74.4 Å². The number of esters is 2. The number of aromatic nitrogens is 1. The van der Waals surface area contributed by atoms with Gasteiger partial charge in [-0.3, -0.25) is 15.0 Å². The number of benzene rings is 2. The Bertz CT molecular complexity index is 1730. The number of hydrogen-bond donors (Lipinski definition) is 1. The average Bonchev–Trinajstić information content (AvgIpc) is 3.34. The molecule has 258 valence electrons. The lowest BCUT2D eigenvalue weighted by Gasteiger charge is -2.31.